The SMILES string of the molecule is CN(C)C1CCCN(CCNCC2CC2)C1. The van der Waals surface area contributed by atoms with Crippen molar-refractivity contribution in [2.45, 2.75) is 31.7 Å². The molecule has 1 aliphatic heterocycles. The molecule has 2 fully saturated rings. The predicted molar refractivity (Wildman–Crippen MR) is 68.7 cm³/mol. The van der Waals surface area contributed by atoms with Crippen molar-refractivity contribution in [1.82, 2.24) is 15.1 Å². The molecule has 1 aliphatic carbocycles. The van der Waals surface area contributed by atoms with E-state index in [4.69, 9.17) is 0 Å². The first-order valence-corrected chi connectivity index (χ1v) is 6.85. The molecule has 1 N–H and O–H groups in total. The van der Waals surface area contributed by atoms with E-state index in [1.165, 1.54) is 58.4 Å². The fraction of sp³-hybridized carbons (Fsp3) is 1.00. The minimum absolute atomic E-state index is 0.775. The lowest BCUT2D eigenvalue weighted by Gasteiger charge is -2.36. The molecule has 0 bridgehead atoms. The molecule has 1 saturated heterocycles. The first-order chi connectivity index (χ1) is 7.75. The normalized spacial score (nSPS) is 27.6. The summed E-state index contributed by atoms with van der Waals surface area (Å²) in [6.45, 7) is 6.23. The van der Waals surface area contributed by atoms with E-state index in [0.717, 1.165) is 12.0 Å². The number of likely N-dealkylation sites (tertiary alicyclic amines) is 1. The molecule has 0 radical (unpaired) electrons. The van der Waals surface area contributed by atoms with Crippen LogP contribution in [0.5, 0.6) is 0 Å². The third kappa shape index (κ3) is 4.04. The van der Waals surface area contributed by atoms with Crippen molar-refractivity contribution in [2.24, 2.45) is 5.92 Å². The molecule has 0 spiro atoms. The summed E-state index contributed by atoms with van der Waals surface area (Å²) in [6.07, 6.45) is 5.66. The molecule has 3 heteroatoms. The summed E-state index contributed by atoms with van der Waals surface area (Å²) in [4.78, 5) is 5.00. The summed E-state index contributed by atoms with van der Waals surface area (Å²) < 4.78 is 0. The minimum atomic E-state index is 0.775. The van der Waals surface area contributed by atoms with Crippen molar-refractivity contribution < 1.29 is 0 Å². The summed E-state index contributed by atoms with van der Waals surface area (Å²) in [6, 6.07) is 0.775. The van der Waals surface area contributed by atoms with E-state index in [9.17, 15) is 0 Å². The Morgan fingerprint density at radius 2 is 2.06 bits per heavy atom. The smallest absolute Gasteiger partial charge is 0.0217 e. The van der Waals surface area contributed by atoms with Crippen molar-refractivity contribution in [3.8, 4) is 0 Å². The topological polar surface area (TPSA) is 18.5 Å². The van der Waals surface area contributed by atoms with Crippen LogP contribution < -0.4 is 5.32 Å². The molecule has 0 aromatic carbocycles. The summed E-state index contributed by atoms with van der Waals surface area (Å²) >= 11 is 0. The minimum Gasteiger partial charge on any atom is -0.315 e. The van der Waals surface area contributed by atoms with Crippen LogP contribution in [0.4, 0.5) is 0 Å². The second-order valence-electron chi connectivity index (χ2n) is 5.71. The van der Waals surface area contributed by atoms with Crippen LogP contribution in [0.3, 0.4) is 0 Å². The lowest BCUT2D eigenvalue weighted by Crippen LogP contribution is -2.47. The number of nitrogens with one attached hydrogen (secondary N) is 1. The first kappa shape index (κ1) is 12.3. The lowest BCUT2D eigenvalue weighted by atomic mass is 10.1. The first-order valence-electron chi connectivity index (χ1n) is 6.85. The van der Waals surface area contributed by atoms with Crippen LogP contribution >= 0.6 is 0 Å². The molecule has 1 unspecified atom stereocenters. The van der Waals surface area contributed by atoms with Gasteiger partial charge in [0, 0.05) is 25.7 Å². The van der Waals surface area contributed by atoms with Gasteiger partial charge in [0.05, 0.1) is 0 Å². The van der Waals surface area contributed by atoms with Gasteiger partial charge in [-0.2, -0.15) is 0 Å². The molecule has 0 amide bonds. The van der Waals surface area contributed by atoms with Gasteiger partial charge in [0.25, 0.3) is 0 Å². The Hall–Kier alpha value is -0.120. The quantitative estimate of drug-likeness (QED) is 0.681. The van der Waals surface area contributed by atoms with Gasteiger partial charge in [-0.15, -0.1) is 0 Å². The molecule has 1 saturated carbocycles. The van der Waals surface area contributed by atoms with Crippen molar-refractivity contribution in [3.05, 3.63) is 0 Å². The number of rotatable bonds is 6. The van der Waals surface area contributed by atoms with Crippen LogP contribution in [0, 0.1) is 5.92 Å². The number of hydrogen-bond donors (Lipinski definition) is 1. The average Bonchev–Trinajstić information content (AvgIpc) is 3.09. The second kappa shape index (κ2) is 5.99. The highest BCUT2D eigenvalue weighted by molar-refractivity contribution is 4.79. The van der Waals surface area contributed by atoms with Gasteiger partial charge in [0.1, 0.15) is 0 Å². The Bertz CT molecular complexity index is 201. The number of hydrogen-bond acceptors (Lipinski definition) is 3. The maximum atomic E-state index is 3.58. The molecule has 2 rings (SSSR count). The number of nitrogens with zero attached hydrogens (tertiary/aromatic N) is 2. The van der Waals surface area contributed by atoms with E-state index in [-0.39, 0.29) is 0 Å². The fourth-order valence-electron chi connectivity index (χ4n) is 2.52. The number of piperidine rings is 1. The highest BCUT2D eigenvalue weighted by atomic mass is 15.2. The lowest BCUT2D eigenvalue weighted by molar-refractivity contribution is 0.134. The zero-order chi connectivity index (χ0) is 11.4. The van der Waals surface area contributed by atoms with Crippen LogP contribution in [0.15, 0.2) is 0 Å². The van der Waals surface area contributed by atoms with Crippen LogP contribution in [0.25, 0.3) is 0 Å². The molecular weight excluding hydrogens is 198 g/mol. The van der Waals surface area contributed by atoms with Crippen LogP contribution in [-0.2, 0) is 0 Å². The Kier molecular flexibility index (Phi) is 4.62. The summed E-state index contributed by atoms with van der Waals surface area (Å²) in [7, 11) is 4.42. The Balaban J connectivity index is 1.56. The van der Waals surface area contributed by atoms with E-state index in [0.29, 0.717) is 0 Å². The van der Waals surface area contributed by atoms with Crippen molar-refractivity contribution in [1.29, 1.82) is 0 Å². The van der Waals surface area contributed by atoms with Gasteiger partial charge in [0.15, 0.2) is 0 Å². The van der Waals surface area contributed by atoms with E-state index in [1.807, 2.05) is 0 Å². The maximum Gasteiger partial charge on any atom is 0.0217 e. The van der Waals surface area contributed by atoms with Gasteiger partial charge < -0.3 is 15.1 Å². The maximum absolute atomic E-state index is 3.58. The van der Waals surface area contributed by atoms with E-state index >= 15 is 0 Å². The van der Waals surface area contributed by atoms with Crippen molar-refractivity contribution >= 4 is 0 Å². The summed E-state index contributed by atoms with van der Waals surface area (Å²) in [5, 5.41) is 3.58. The van der Waals surface area contributed by atoms with Crippen LogP contribution in [0.2, 0.25) is 0 Å². The Labute approximate surface area is 100 Å². The Morgan fingerprint density at radius 3 is 2.75 bits per heavy atom. The molecule has 3 nitrogen and oxygen atoms in total. The van der Waals surface area contributed by atoms with Crippen molar-refractivity contribution in [2.75, 3.05) is 46.8 Å². The van der Waals surface area contributed by atoms with Crippen LogP contribution in [0.1, 0.15) is 25.7 Å². The Morgan fingerprint density at radius 1 is 1.25 bits per heavy atom. The standard InChI is InChI=1S/C13H27N3/c1-15(2)13-4-3-8-16(11-13)9-7-14-10-12-5-6-12/h12-14H,3-11H2,1-2H3. The van der Waals surface area contributed by atoms with Gasteiger partial charge in [-0.25, -0.2) is 0 Å². The molecule has 94 valence electrons. The average molecular weight is 225 g/mol. The second-order valence-corrected chi connectivity index (χ2v) is 5.71. The molecular formula is C13H27N3. The van der Waals surface area contributed by atoms with Gasteiger partial charge >= 0.3 is 0 Å². The molecule has 0 aromatic rings. The third-order valence-electron chi connectivity index (χ3n) is 3.95. The highest BCUT2D eigenvalue weighted by Gasteiger charge is 2.22. The monoisotopic (exact) mass is 225 g/mol. The molecule has 16 heavy (non-hydrogen) atoms. The van der Waals surface area contributed by atoms with Gasteiger partial charge in [-0.05, 0) is 58.8 Å². The molecule has 1 heterocycles. The zero-order valence-electron chi connectivity index (χ0n) is 10.9. The molecule has 2 aliphatic rings. The fourth-order valence-corrected chi connectivity index (χ4v) is 2.52. The molecule has 1 atom stereocenters. The zero-order valence-corrected chi connectivity index (χ0v) is 10.9. The van der Waals surface area contributed by atoms with E-state index in [1.54, 1.807) is 0 Å². The van der Waals surface area contributed by atoms with Gasteiger partial charge in [0.2, 0.25) is 0 Å². The predicted octanol–water partition coefficient (Wildman–Crippen LogP) is 1.01. The summed E-state index contributed by atoms with van der Waals surface area (Å²) in [5.41, 5.74) is 0. The highest BCUT2D eigenvalue weighted by Crippen LogP contribution is 2.27. The number of likely N-dealkylation sites (N-methyl/N-ethyl adjacent to an activating group) is 1. The molecule has 0 aromatic heterocycles. The third-order valence-corrected chi connectivity index (χ3v) is 3.95. The van der Waals surface area contributed by atoms with Crippen molar-refractivity contribution in [3.63, 3.8) is 0 Å². The summed E-state index contributed by atoms with van der Waals surface area (Å²) in [5.74, 6) is 1.01. The van der Waals surface area contributed by atoms with Crippen LogP contribution in [-0.4, -0.2) is 62.7 Å². The largest absolute Gasteiger partial charge is 0.315 e. The van der Waals surface area contributed by atoms with E-state index < -0.39 is 0 Å². The van der Waals surface area contributed by atoms with E-state index in [2.05, 4.69) is 29.2 Å². The van der Waals surface area contributed by atoms with Gasteiger partial charge in [-0.3, -0.25) is 0 Å². The van der Waals surface area contributed by atoms with Gasteiger partial charge in [-0.1, -0.05) is 0 Å².